The summed E-state index contributed by atoms with van der Waals surface area (Å²) in [5.74, 6) is -0.0189. The van der Waals surface area contributed by atoms with Gasteiger partial charge in [0.2, 0.25) is 5.91 Å². The maximum Gasteiger partial charge on any atom is 0.410 e. The number of likely N-dealkylation sites (tertiary alicyclic amines) is 1. The summed E-state index contributed by atoms with van der Waals surface area (Å²) in [6, 6.07) is 0. The normalized spacial score (nSPS) is 27.7. The fourth-order valence-corrected chi connectivity index (χ4v) is 2.91. The van der Waals surface area contributed by atoms with E-state index in [9.17, 15) is 9.59 Å². The molecule has 0 aromatic heterocycles. The van der Waals surface area contributed by atoms with Crippen LogP contribution in [0.1, 0.15) is 13.3 Å². The number of amides is 2. The summed E-state index contributed by atoms with van der Waals surface area (Å²) in [6.07, 6.45) is 0.723. The first-order valence-corrected chi connectivity index (χ1v) is 6.74. The standard InChI is InChI=1S/C13H23N3O3/c1-13(4-5-14(2)9-13)10-15(3)11(17)8-16-6-7-19-12(16)18/h4-10H2,1-3H3. The van der Waals surface area contributed by atoms with Crippen molar-refractivity contribution in [3.8, 4) is 0 Å². The van der Waals surface area contributed by atoms with Crippen molar-refractivity contribution >= 4 is 12.0 Å². The third-order valence-electron chi connectivity index (χ3n) is 3.96. The predicted molar refractivity (Wildman–Crippen MR) is 70.8 cm³/mol. The van der Waals surface area contributed by atoms with Crippen molar-refractivity contribution in [3.05, 3.63) is 0 Å². The zero-order valence-corrected chi connectivity index (χ0v) is 12.0. The lowest BCUT2D eigenvalue weighted by Crippen LogP contribution is -2.43. The lowest BCUT2D eigenvalue weighted by atomic mass is 9.89. The van der Waals surface area contributed by atoms with Gasteiger partial charge in [-0.05, 0) is 25.4 Å². The highest BCUT2D eigenvalue weighted by Gasteiger charge is 2.34. The maximum absolute atomic E-state index is 12.1. The molecule has 0 N–H and O–H groups in total. The third-order valence-corrected chi connectivity index (χ3v) is 3.96. The zero-order valence-electron chi connectivity index (χ0n) is 12.0. The minimum Gasteiger partial charge on any atom is -0.448 e. The van der Waals surface area contributed by atoms with E-state index < -0.39 is 0 Å². The van der Waals surface area contributed by atoms with Crippen LogP contribution in [0.4, 0.5) is 4.79 Å². The molecule has 1 atom stereocenters. The largest absolute Gasteiger partial charge is 0.448 e. The molecule has 19 heavy (non-hydrogen) atoms. The molecule has 0 saturated carbocycles. The van der Waals surface area contributed by atoms with Gasteiger partial charge in [0.05, 0.1) is 6.54 Å². The van der Waals surface area contributed by atoms with E-state index in [1.165, 1.54) is 4.90 Å². The molecular weight excluding hydrogens is 246 g/mol. The van der Waals surface area contributed by atoms with E-state index in [4.69, 9.17) is 4.74 Å². The van der Waals surface area contributed by atoms with E-state index >= 15 is 0 Å². The second-order valence-electron chi connectivity index (χ2n) is 6.08. The minimum absolute atomic E-state index is 0.0189. The molecule has 0 aliphatic carbocycles. The van der Waals surface area contributed by atoms with Gasteiger partial charge in [-0.2, -0.15) is 0 Å². The van der Waals surface area contributed by atoms with Gasteiger partial charge in [0.25, 0.3) is 0 Å². The van der Waals surface area contributed by atoms with Crippen molar-refractivity contribution in [2.75, 3.05) is 53.4 Å². The van der Waals surface area contributed by atoms with E-state index in [0.717, 1.165) is 26.1 Å². The monoisotopic (exact) mass is 269 g/mol. The highest BCUT2D eigenvalue weighted by molar-refractivity contribution is 5.82. The van der Waals surface area contributed by atoms with Crippen molar-refractivity contribution in [2.45, 2.75) is 13.3 Å². The molecule has 6 heteroatoms. The zero-order chi connectivity index (χ0) is 14.0. The third kappa shape index (κ3) is 3.37. The van der Waals surface area contributed by atoms with Crippen molar-refractivity contribution in [1.29, 1.82) is 0 Å². The summed E-state index contributed by atoms with van der Waals surface area (Å²) in [6.45, 7) is 6.06. The van der Waals surface area contributed by atoms with Gasteiger partial charge in [-0.25, -0.2) is 4.79 Å². The number of nitrogens with zero attached hydrogens (tertiary/aromatic N) is 3. The van der Waals surface area contributed by atoms with Gasteiger partial charge in [0.1, 0.15) is 13.2 Å². The molecule has 108 valence electrons. The molecular formula is C13H23N3O3. The molecule has 0 aromatic rings. The number of likely N-dealkylation sites (N-methyl/N-ethyl adjacent to an activating group) is 1. The van der Waals surface area contributed by atoms with E-state index in [-0.39, 0.29) is 24.0 Å². The van der Waals surface area contributed by atoms with Crippen molar-refractivity contribution in [2.24, 2.45) is 5.41 Å². The Morgan fingerprint density at radius 3 is 2.74 bits per heavy atom. The van der Waals surface area contributed by atoms with Crippen molar-refractivity contribution in [3.63, 3.8) is 0 Å². The second-order valence-corrected chi connectivity index (χ2v) is 6.08. The number of ether oxygens (including phenoxy) is 1. The van der Waals surface area contributed by atoms with Crippen LogP contribution >= 0.6 is 0 Å². The number of hydrogen-bond donors (Lipinski definition) is 0. The van der Waals surface area contributed by atoms with Crippen LogP contribution in [0.5, 0.6) is 0 Å². The topological polar surface area (TPSA) is 53.1 Å². The van der Waals surface area contributed by atoms with Gasteiger partial charge in [-0.1, -0.05) is 6.92 Å². The Morgan fingerprint density at radius 1 is 1.47 bits per heavy atom. The molecule has 2 saturated heterocycles. The van der Waals surface area contributed by atoms with Crippen LogP contribution < -0.4 is 0 Å². The highest BCUT2D eigenvalue weighted by atomic mass is 16.6. The molecule has 2 amide bonds. The Labute approximate surface area is 114 Å². The number of carbonyl (C=O) groups is 2. The molecule has 2 heterocycles. The van der Waals surface area contributed by atoms with Gasteiger partial charge in [-0.3, -0.25) is 9.69 Å². The lowest BCUT2D eigenvalue weighted by Gasteiger charge is -2.30. The molecule has 0 bridgehead atoms. The van der Waals surface area contributed by atoms with Crippen LogP contribution in [0.25, 0.3) is 0 Å². The van der Waals surface area contributed by atoms with Crippen LogP contribution in [0.2, 0.25) is 0 Å². The Bertz CT molecular complexity index is 374. The Kier molecular flexibility index (Phi) is 3.99. The van der Waals surface area contributed by atoms with Crippen LogP contribution in [0, 0.1) is 5.41 Å². The fraction of sp³-hybridized carbons (Fsp3) is 0.846. The Hall–Kier alpha value is -1.30. The van der Waals surface area contributed by atoms with Crippen molar-refractivity contribution < 1.29 is 14.3 Å². The van der Waals surface area contributed by atoms with Gasteiger partial charge >= 0.3 is 6.09 Å². The molecule has 1 unspecified atom stereocenters. The second kappa shape index (κ2) is 5.36. The van der Waals surface area contributed by atoms with Crippen LogP contribution in [0.3, 0.4) is 0 Å². The van der Waals surface area contributed by atoms with Gasteiger partial charge in [-0.15, -0.1) is 0 Å². The minimum atomic E-state index is -0.381. The number of carbonyl (C=O) groups excluding carboxylic acids is 2. The fourth-order valence-electron chi connectivity index (χ4n) is 2.91. The summed E-state index contributed by atoms with van der Waals surface area (Å²) < 4.78 is 4.82. The molecule has 2 rings (SSSR count). The summed E-state index contributed by atoms with van der Waals surface area (Å²) in [5, 5.41) is 0. The lowest BCUT2D eigenvalue weighted by molar-refractivity contribution is -0.131. The number of rotatable bonds is 4. The average Bonchev–Trinajstić information content (AvgIpc) is 2.86. The first-order chi connectivity index (χ1) is 8.89. The molecule has 2 aliphatic heterocycles. The van der Waals surface area contributed by atoms with E-state index in [1.807, 2.05) is 7.05 Å². The molecule has 2 fully saturated rings. The summed E-state index contributed by atoms with van der Waals surface area (Å²) >= 11 is 0. The highest BCUT2D eigenvalue weighted by Crippen LogP contribution is 2.29. The summed E-state index contributed by atoms with van der Waals surface area (Å²) in [7, 11) is 3.92. The maximum atomic E-state index is 12.1. The molecule has 0 aromatic carbocycles. The number of hydrogen-bond acceptors (Lipinski definition) is 4. The predicted octanol–water partition coefficient (Wildman–Crippen LogP) is 0.239. The summed E-state index contributed by atoms with van der Waals surface area (Å²) in [5.41, 5.74) is 0.157. The summed E-state index contributed by atoms with van der Waals surface area (Å²) in [4.78, 5) is 28.9. The van der Waals surface area contributed by atoms with E-state index in [2.05, 4.69) is 18.9 Å². The Balaban J connectivity index is 1.84. The van der Waals surface area contributed by atoms with E-state index in [1.54, 1.807) is 4.90 Å². The van der Waals surface area contributed by atoms with Crippen LogP contribution in [-0.2, 0) is 9.53 Å². The first-order valence-electron chi connectivity index (χ1n) is 6.74. The smallest absolute Gasteiger partial charge is 0.410 e. The SMILES string of the molecule is CN1CCC(C)(CN(C)C(=O)CN2CCOC2=O)C1. The van der Waals surface area contributed by atoms with Gasteiger partial charge in [0, 0.05) is 20.1 Å². The molecule has 2 aliphatic rings. The first kappa shape index (κ1) is 14.1. The Morgan fingerprint density at radius 2 is 2.21 bits per heavy atom. The van der Waals surface area contributed by atoms with Crippen LogP contribution in [-0.4, -0.2) is 80.1 Å². The van der Waals surface area contributed by atoms with E-state index in [0.29, 0.717) is 13.2 Å². The van der Waals surface area contributed by atoms with Gasteiger partial charge in [0.15, 0.2) is 0 Å². The quantitative estimate of drug-likeness (QED) is 0.733. The van der Waals surface area contributed by atoms with Crippen LogP contribution in [0.15, 0.2) is 0 Å². The molecule has 6 nitrogen and oxygen atoms in total. The average molecular weight is 269 g/mol. The molecule has 0 radical (unpaired) electrons. The van der Waals surface area contributed by atoms with Gasteiger partial charge < -0.3 is 14.5 Å². The molecule has 0 spiro atoms. The van der Waals surface area contributed by atoms with Crippen molar-refractivity contribution in [1.82, 2.24) is 14.7 Å². The number of cyclic esters (lactones) is 1.